The van der Waals surface area contributed by atoms with E-state index < -0.39 is 0 Å². The molecule has 2 rings (SSSR count). The van der Waals surface area contributed by atoms with Gasteiger partial charge in [-0.2, -0.15) is 0 Å². The first-order chi connectivity index (χ1) is 6.33. The highest BCUT2D eigenvalue weighted by Gasteiger charge is 2.10. The van der Waals surface area contributed by atoms with E-state index in [9.17, 15) is 0 Å². The normalized spacial score (nSPS) is 13.7. The van der Waals surface area contributed by atoms with Gasteiger partial charge in [-0.25, -0.2) is 4.99 Å². The molecule has 0 spiro atoms. The van der Waals surface area contributed by atoms with Crippen molar-refractivity contribution in [2.24, 2.45) is 4.99 Å². The number of hydrogen-bond acceptors (Lipinski definition) is 2. The first-order valence-electron chi connectivity index (χ1n) is 4.70. The number of aliphatic imine (C=N–C) groups is 1. The van der Waals surface area contributed by atoms with Gasteiger partial charge in [-0.05, 0) is 30.5 Å². The molecule has 0 saturated carbocycles. The molecule has 2 nitrogen and oxygen atoms in total. The molecule has 0 aliphatic carbocycles. The summed E-state index contributed by atoms with van der Waals surface area (Å²) < 4.78 is 0. The van der Waals surface area contributed by atoms with Crippen LogP contribution >= 0.6 is 0 Å². The van der Waals surface area contributed by atoms with Crippen molar-refractivity contribution in [1.29, 1.82) is 0 Å². The lowest BCUT2D eigenvalue weighted by Crippen LogP contribution is -2.16. The number of nitrogens with zero attached hydrogens (tertiary/aromatic N) is 1. The molecule has 1 aliphatic rings. The van der Waals surface area contributed by atoms with Crippen LogP contribution in [0.2, 0.25) is 0 Å². The maximum atomic E-state index is 4.31. The van der Waals surface area contributed by atoms with Gasteiger partial charge in [0.05, 0.1) is 12.0 Å². The molecule has 2 heteroatoms. The van der Waals surface area contributed by atoms with E-state index >= 15 is 0 Å². The van der Waals surface area contributed by atoms with Gasteiger partial charge in [0.15, 0.2) is 0 Å². The van der Waals surface area contributed by atoms with Crippen molar-refractivity contribution in [2.75, 3.05) is 0 Å². The Kier molecular flexibility index (Phi) is 2.05. The summed E-state index contributed by atoms with van der Waals surface area (Å²) in [5.41, 5.74) is 5.31. The highest BCUT2D eigenvalue weighted by atomic mass is 15.0. The third-order valence-corrected chi connectivity index (χ3v) is 2.57. The minimum Gasteiger partial charge on any atom is -0.372 e. The standard InChI is InChI=1S/C11H14N2/c1-3-9-8(2)4-5-11-10(9)6-12-7-13-11/h4-5,7H,3,6H2,1-2H3,(H,12,13). The van der Waals surface area contributed by atoms with Crippen molar-refractivity contribution in [3.63, 3.8) is 0 Å². The van der Waals surface area contributed by atoms with Gasteiger partial charge in [0.2, 0.25) is 0 Å². The van der Waals surface area contributed by atoms with Gasteiger partial charge in [0.1, 0.15) is 0 Å². The lowest BCUT2D eigenvalue weighted by atomic mass is 9.97. The van der Waals surface area contributed by atoms with Crippen LogP contribution in [-0.2, 0) is 13.0 Å². The molecule has 0 fully saturated rings. The van der Waals surface area contributed by atoms with Gasteiger partial charge < -0.3 is 5.32 Å². The Morgan fingerprint density at radius 1 is 1.46 bits per heavy atom. The Morgan fingerprint density at radius 3 is 3.08 bits per heavy atom. The van der Waals surface area contributed by atoms with Crippen LogP contribution in [0.3, 0.4) is 0 Å². The molecule has 0 atom stereocenters. The van der Waals surface area contributed by atoms with Crippen LogP contribution in [0.1, 0.15) is 23.6 Å². The zero-order valence-corrected chi connectivity index (χ0v) is 8.09. The SMILES string of the molecule is CCc1c(C)ccc2c1CNC=N2. The van der Waals surface area contributed by atoms with E-state index in [1.54, 1.807) is 6.34 Å². The van der Waals surface area contributed by atoms with E-state index in [0.717, 1.165) is 18.7 Å². The maximum Gasteiger partial charge on any atom is 0.0889 e. The minimum atomic E-state index is 0.920. The average Bonchev–Trinajstić information content (AvgIpc) is 2.18. The Balaban J connectivity index is 2.60. The quantitative estimate of drug-likeness (QED) is 0.694. The molecule has 1 aromatic carbocycles. The van der Waals surface area contributed by atoms with Crippen LogP contribution in [0.5, 0.6) is 0 Å². The first kappa shape index (κ1) is 8.30. The van der Waals surface area contributed by atoms with E-state index in [-0.39, 0.29) is 0 Å². The summed E-state index contributed by atoms with van der Waals surface area (Å²) in [5.74, 6) is 0. The Morgan fingerprint density at radius 2 is 2.31 bits per heavy atom. The fourth-order valence-corrected chi connectivity index (χ4v) is 1.87. The largest absolute Gasteiger partial charge is 0.372 e. The summed E-state index contributed by atoms with van der Waals surface area (Å²) in [6.07, 6.45) is 2.86. The van der Waals surface area contributed by atoms with Gasteiger partial charge in [0.25, 0.3) is 0 Å². The minimum absolute atomic E-state index is 0.920. The summed E-state index contributed by atoms with van der Waals surface area (Å²) in [6, 6.07) is 4.25. The molecule has 0 saturated heterocycles. The number of nitrogens with one attached hydrogen (secondary N) is 1. The van der Waals surface area contributed by atoms with Gasteiger partial charge in [-0.3, -0.25) is 0 Å². The van der Waals surface area contributed by atoms with Crippen LogP contribution in [0.15, 0.2) is 17.1 Å². The topological polar surface area (TPSA) is 24.4 Å². The van der Waals surface area contributed by atoms with Crippen molar-refractivity contribution in [1.82, 2.24) is 5.32 Å². The van der Waals surface area contributed by atoms with Crippen molar-refractivity contribution < 1.29 is 0 Å². The molecule has 1 heterocycles. The summed E-state index contributed by atoms with van der Waals surface area (Å²) >= 11 is 0. The smallest absolute Gasteiger partial charge is 0.0889 e. The zero-order chi connectivity index (χ0) is 9.26. The van der Waals surface area contributed by atoms with Crippen LogP contribution < -0.4 is 5.32 Å². The molecule has 68 valence electrons. The third-order valence-electron chi connectivity index (χ3n) is 2.57. The number of fused-ring (bicyclic) bond motifs is 1. The summed E-state index contributed by atoms with van der Waals surface area (Å²) in [6.45, 7) is 5.28. The van der Waals surface area contributed by atoms with E-state index in [0.29, 0.717) is 0 Å². The summed E-state index contributed by atoms with van der Waals surface area (Å²) in [5, 5.41) is 3.15. The van der Waals surface area contributed by atoms with Crippen molar-refractivity contribution in [3.8, 4) is 0 Å². The van der Waals surface area contributed by atoms with Crippen LogP contribution in [-0.4, -0.2) is 6.34 Å². The monoisotopic (exact) mass is 174 g/mol. The highest BCUT2D eigenvalue weighted by Crippen LogP contribution is 2.27. The van der Waals surface area contributed by atoms with Gasteiger partial charge in [-0.15, -0.1) is 0 Å². The fourth-order valence-electron chi connectivity index (χ4n) is 1.87. The molecular formula is C11H14N2. The fraction of sp³-hybridized carbons (Fsp3) is 0.364. The molecule has 1 N–H and O–H groups in total. The van der Waals surface area contributed by atoms with Gasteiger partial charge >= 0.3 is 0 Å². The number of hydrogen-bond donors (Lipinski definition) is 1. The van der Waals surface area contributed by atoms with Crippen LogP contribution in [0.4, 0.5) is 5.69 Å². The second-order valence-corrected chi connectivity index (χ2v) is 3.35. The molecule has 1 aromatic rings. The van der Waals surface area contributed by atoms with Crippen LogP contribution in [0, 0.1) is 6.92 Å². The third kappa shape index (κ3) is 1.32. The van der Waals surface area contributed by atoms with E-state index in [2.05, 4.69) is 36.3 Å². The Labute approximate surface area is 78.7 Å². The Hall–Kier alpha value is -1.31. The van der Waals surface area contributed by atoms with E-state index in [1.165, 1.54) is 16.7 Å². The molecule has 0 radical (unpaired) electrons. The molecule has 13 heavy (non-hydrogen) atoms. The molecule has 1 aliphatic heterocycles. The predicted molar refractivity (Wildman–Crippen MR) is 55.5 cm³/mol. The average molecular weight is 174 g/mol. The summed E-state index contributed by atoms with van der Waals surface area (Å²) in [4.78, 5) is 4.31. The van der Waals surface area contributed by atoms with Crippen molar-refractivity contribution in [2.45, 2.75) is 26.8 Å². The molecule has 0 amide bonds. The molecule has 0 aromatic heterocycles. The zero-order valence-electron chi connectivity index (χ0n) is 8.09. The molecule has 0 unspecified atom stereocenters. The van der Waals surface area contributed by atoms with E-state index in [4.69, 9.17) is 0 Å². The second kappa shape index (κ2) is 3.21. The molecule has 0 bridgehead atoms. The second-order valence-electron chi connectivity index (χ2n) is 3.35. The number of aryl methyl sites for hydroxylation is 1. The van der Waals surface area contributed by atoms with Crippen molar-refractivity contribution in [3.05, 3.63) is 28.8 Å². The lowest BCUT2D eigenvalue weighted by molar-refractivity contribution is 0.883. The van der Waals surface area contributed by atoms with Crippen molar-refractivity contribution >= 4 is 12.0 Å². The predicted octanol–water partition coefficient (Wildman–Crippen LogP) is 2.32. The molecular weight excluding hydrogens is 160 g/mol. The maximum absolute atomic E-state index is 4.31. The van der Waals surface area contributed by atoms with Crippen LogP contribution in [0.25, 0.3) is 0 Å². The van der Waals surface area contributed by atoms with Gasteiger partial charge in [0, 0.05) is 12.1 Å². The van der Waals surface area contributed by atoms with Gasteiger partial charge in [-0.1, -0.05) is 13.0 Å². The Bertz CT molecular complexity index is 353. The summed E-state index contributed by atoms with van der Waals surface area (Å²) in [7, 11) is 0. The highest BCUT2D eigenvalue weighted by molar-refractivity contribution is 5.68. The number of rotatable bonds is 1. The number of benzene rings is 1. The van der Waals surface area contributed by atoms with E-state index in [1.807, 2.05) is 0 Å². The lowest BCUT2D eigenvalue weighted by Gasteiger charge is -2.16. The first-order valence-corrected chi connectivity index (χ1v) is 4.70.